The summed E-state index contributed by atoms with van der Waals surface area (Å²) in [6.45, 7) is 4.18. The van der Waals surface area contributed by atoms with Gasteiger partial charge in [0.05, 0.1) is 6.10 Å². The number of aryl methyl sites for hydroxylation is 2. The lowest BCUT2D eigenvalue weighted by atomic mass is 9.95. The van der Waals surface area contributed by atoms with Crippen LogP contribution in [0.1, 0.15) is 22.3 Å². The van der Waals surface area contributed by atoms with E-state index in [1.54, 1.807) is 0 Å². The van der Waals surface area contributed by atoms with Gasteiger partial charge in [-0.1, -0.05) is 41.9 Å². The molecule has 1 atom stereocenters. The molecule has 100 valence electrons. The van der Waals surface area contributed by atoms with Gasteiger partial charge in [-0.25, -0.2) is 0 Å². The van der Waals surface area contributed by atoms with E-state index in [2.05, 4.69) is 32.0 Å². The topological polar surface area (TPSA) is 20.2 Å². The van der Waals surface area contributed by atoms with Crippen LogP contribution in [0.3, 0.4) is 0 Å². The molecule has 0 aliphatic carbocycles. The number of hydrogen-bond donors (Lipinski definition) is 1. The van der Waals surface area contributed by atoms with E-state index in [0.29, 0.717) is 12.8 Å². The maximum absolute atomic E-state index is 10.3. The molecule has 0 heterocycles. The molecule has 2 heteroatoms. The second kappa shape index (κ2) is 6.23. The Balaban J connectivity index is 2.07. The molecule has 0 saturated carbocycles. The minimum Gasteiger partial charge on any atom is -0.392 e. The lowest BCUT2D eigenvalue weighted by molar-refractivity contribution is 0.175. The van der Waals surface area contributed by atoms with Crippen molar-refractivity contribution < 1.29 is 5.11 Å². The van der Waals surface area contributed by atoms with Gasteiger partial charge in [0, 0.05) is 5.02 Å². The molecule has 2 aromatic carbocycles. The fourth-order valence-corrected chi connectivity index (χ4v) is 2.63. The predicted octanol–water partition coefficient (Wildman–Crippen LogP) is 4.10. The van der Waals surface area contributed by atoms with Crippen LogP contribution in [-0.2, 0) is 12.8 Å². The van der Waals surface area contributed by atoms with Crippen LogP contribution < -0.4 is 0 Å². The number of aliphatic hydroxyl groups is 1. The van der Waals surface area contributed by atoms with Crippen LogP contribution in [0.2, 0.25) is 5.02 Å². The van der Waals surface area contributed by atoms with Gasteiger partial charge >= 0.3 is 0 Å². The SMILES string of the molecule is Cc1cccc(C)c1CC(O)Cc1cccc(Cl)c1. The second-order valence-electron chi connectivity index (χ2n) is 5.06. The van der Waals surface area contributed by atoms with Crippen LogP contribution in [0.5, 0.6) is 0 Å². The summed E-state index contributed by atoms with van der Waals surface area (Å²) in [4.78, 5) is 0. The summed E-state index contributed by atoms with van der Waals surface area (Å²) in [6.07, 6.45) is 0.942. The highest BCUT2D eigenvalue weighted by atomic mass is 35.5. The highest BCUT2D eigenvalue weighted by molar-refractivity contribution is 6.30. The Labute approximate surface area is 119 Å². The summed E-state index contributed by atoms with van der Waals surface area (Å²) in [5.41, 5.74) is 4.80. The molecule has 1 nitrogen and oxygen atoms in total. The van der Waals surface area contributed by atoms with Crippen molar-refractivity contribution in [3.63, 3.8) is 0 Å². The lowest BCUT2D eigenvalue weighted by Crippen LogP contribution is -2.15. The molecule has 2 aromatic rings. The first-order valence-corrected chi connectivity index (χ1v) is 6.91. The molecule has 0 spiro atoms. The number of rotatable bonds is 4. The van der Waals surface area contributed by atoms with E-state index in [0.717, 1.165) is 10.6 Å². The molecular formula is C17H19ClO. The smallest absolute Gasteiger partial charge is 0.0621 e. The molecule has 0 bridgehead atoms. The molecule has 0 radical (unpaired) electrons. The van der Waals surface area contributed by atoms with Crippen LogP contribution in [0.15, 0.2) is 42.5 Å². The van der Waals surface area contributed by atoms with Crippen LogP contribution in [-0.4, -0.2) is 11.2 Å². The summed E-state index contributed by atoms with van der Waals surface area (Å²) in [7, 11) is 0. The first kappa shape index (κ1) is 14.1. The fraction of sp³-hybridized carbons (Fsp3) is 0.294. The van der Waals surface area contributed by atoms with Crippen molar-refractivity contribution in [3.8, 4) is 0 Å². The summed E-state index contributed by atoms with van der Waals surface area (Å²) < 4.78 is 0. The van der Waals surface area contributed by atoms with Crippen LogP contribution >= 0.6 is 11.6 Å². The van der Waals surface area contributed by atoms with Crippen LogP contribution in [0.25, 0.3) is 0 Å². The average Bonchev–Trinajstić information content (AvgIpc) is 2.34. The number of aliphatic hydroxyl groups excluding tert-OH is 1. The van der Waals surface area contributed by atoms with Crippen LogP contribution in [0.4, 0.5) is 0 Å². The Morgan fingerprint density at radius 1 is 1.00 bits per heavy atom. The first-order chi connectivity index (χ1) is 9.06. The van der Waals surface area contributed by atoms with Crippen molar-refractivity contribution in [2.75, 3.05) is 0 Å². The Kier molecular flexibility index (Phi) is 4.62. The summed E-state index contributed by atoms with van der Waals surface area (Å²) in [6, 6.07) is 13.9. The molecule has 19 heavy (non-hydrogen) atoms. The third-order valence-electron chi connectivity index (χ3n) is 3.44. The molecule has 0 fully saturated rings. The van der Waals surface area contributed by atoms with Gasteiger partial charge in [0.15, 0.2) is 0 Å². The third kappa shape index (κ3) is 3.82. The standard InChI is InChI=1S/C17H19ClO/c1-12-5-3-6-13(2)17(12)11-16(19)10-14-7-4-8-15(18)9-14/h3-9,16,19H,10-11H2,1-2H3. The first-order valence-electron chi connectivity index (χ1n) is 6.54. The van der Waals surface area contributed by atoms with Gasteiger partial charge in [0.1, 0.15) is 0 Å². The Morgan fingerprint density at radius 2 is 1.63 bits per heavy atom. The van der Waals surface area contributed by atoms with E-state index in [-0.39, 0.29) is 6.10 Å². The monoisotopic (exact) mass is 274 g/mol. The van der Waals surface area contributed by atoms with Crippen molar-refractivity contribution >= 4 is 11.6 Å². The quantitative estimate of drug-likeness (QED) is 0.890. The molecular weight excluding hydrogens is 256 g/mol. The van der Waals surface area contributed by atoms with Crippen molar-refractivity contribution in [2.24, 2.45) is 0 Å². The Morgan fingerprint density at radius 3 is 2.26 bits per heavy atom. The van der Waals surface area contributed by atoms with Gasteiger partial charge in [0.25, 0.3) is 0 Å². The Hall–Kier alpha value is -1.31. The van der Waals surface area contributed by atoms with Gasteiger partial charge in [-0.05, 0) is 61.1 Å². The Bertz CT molecular complexity index is 543. The minimum absolute atomic E-state index is 0.377. The van der Waals surface area contributed by atoms with Crippen molar-refractivity contribution in [3.05, 3.63) is 69.7 Å². The fourth-order valence-electron chi connectivity index (χ4n) is 2.41. The maximum atomic E-state index is 10.3. The number of halogens is 1. The molecule has 1 unspecified atom stereocenters. The van der Waals surface area contributed by atoms with E-state index < -0.39 is 0 Å². The maximum Gasteiger partial charge on any atom is 0.0621 e. The van der Waals surface area contributed by atoms with E-state index in [1.165, 1.54) is 16.7 Å². The number of benzene rings is 2. The van der Waals surface area contributed by atoms with Crippen molar-refractivity contribution in [1.29, 1.82) is 0 Å². The molecule has 1 N–H and O–H groups in total. The van der Waals surface area contributed by atoms with Crippen molar-refractivity contribution in [1.82, 2.24) is 0 Å². The van der Waals surface area contributed by atoms with Gasteiger partial charge in [-0.15, -0.1) is 0 Å². The van der Waals surface area contributed by atoms with Crippen LogP contribution in [0, 0.1) is 13.8 Å². The minimum atomic E-state index is -0.377. The normalized spacial score (nSPS) is 12.4. The van der Waals surface area contributed by atoms with E-state index in [9.17, 15) is 5.11 Å². The van der Waals surface area contributed by atoms with Gasteiger partial charge in [0.2, 0.25) is 0 Å². The molecule has 0 saturated heterocycles. The van der Waals surface area contributed by atoms with Gasteiger partial charge in [-0.3, -0.25) is 0 Å². The molecule has 0 amide bonds. The zero-order valence-electron chi connectivity index (χ0n) is 11.4. The van der Waals surface area contributed by atoms with Crippen molar-refractivity contribution in [2.45, 2.75) is 32.8 Å². The molecule has 0 aromatic heterocycles. The highest BCUT2D eigenvalue weighted by Gasteiger charge is 2.10. The molecule has 0 aliphatic heterocycles. The molecule has 2 rings (SSSR count). The van der Waals surface area contributed by atoms with E-state index in [1.807, 2.05) is 24.3 Å². The largest absolute Gasteiger partial charge is 0.392 e. The zero-order chi connectivity index (χ0) is 13.8. The molecule has 0 aliphatic rings. The highest BCUT2D eigenvalue weighted by Crippen LogP contribution is 2.18. The second-order valence-corrected chi connectivity index (χ2v) is 5.50. The van der Waals surface area contributed by atoms with Gasteiger partial charge < -0.3 is 5.11 Å². The zero-order valence-corrected chi connectivity index (χ0v) is 12.1. The average molecular weight is 275 g/mol. The van der Waals surface area contributed by atoms with Gasteiger partial charge in [-0.2, -0.15) is 0 Å². The summed E-state index contributed by atoms with van der Waals surface area (Å²) in [5, 5.41) is 11.0. The van der Waals surface area contributed by atoms with E-state index >= 15 is 0 Å². The van der Waals surface area contributed by atoms with E-state index in [4.69, 9.17) is 11.6 Å². The summed E-state index contributed by atoms with van der Waals surface area (Å²) in [5.74, 6) is 0. The number of hydrogen-bond acceptors (Lipinski definition) is 1. The summed E-state index contributed by atoms with van der Waals surface area (Å²) >= 11 is 5.96. The predicted molar refractivity (Wildman–Crippen MR) is 80.8 cm³/mol. The third-order valence-corrected chi connectivity index (χ3v) is 3.68. The lowest BCUT2D eigenvalue weighted by Gasteiger charge is -2.15.